The molecule has 0 aliphatic carbocycles. The molecular weight excluding hydrogens is 344 g/mol. The molecule has 0 radical (unpaired) electrons. The highest BCUT2D eigenvalue weighted by Gasteiger charge is 2.31. The van der Waals surface area contributed by atoms with Crippen LogP contribution in [0.4, 0.5) is 5.95 Å². The Labute approximate surface area is 157 Å². The number of hydrogen-bond acceptors (Lipinski definition) is 6. The van der Waals surface area contributed by atoms with Gasteiger partial charge in [-0.25, -0.2) is 4.68 Å². The Morgan fingerprint density at radius 2 is 1.81 bits per heavy atom. The molecule has 2 atom stereocenters. The quantitative estimate of drug-likeness (QED) is 0.746. The summed E-state index contributed by atoms with van der Waals surface area (Å²) in [6.45, 7) is 0. The lowest BCUT2D eigenvalue weighted by molar-refractivity contribution is 0.370. The molecule has 0 spiro atoms. The number of nitrogens with zero attached hydrogens (tertiary/aromatic N) is 3. The molecule has 1 aromatic heterocycles. The van der Waals surface area contributed by atoms with E-state index in [1.807, 2.05) is 41.1 Å². The molecule has 0 saturated heterocycles. The van der Waals surface area contributed by atoms with Gasteiger partial charge in [0.1, 0.15) is 23.6 Å². The zero-order valence-corrected chi connectivity index (χ0v) is 15.5. The number of hydrogen-bond donors (Lipinski definition) is 1. The minimum Gasteiger partial charge on any atom is -0.497 e. The summed E-state index contributed by atoms with van der Waals surface area (Å²) in [6, 6.07) is 14.0. The molecule has 7 heteroatoms. The van der Waals surface area contributed by atoms with Crippen molar-refractivity contribution in [3.8, 4) is 17.2 Å². The van der Waals surface area contributed by atoms with Gasteiger partial charge in [0, 0.05) is 11.6 Å². The van der Waals surface area contributed by atoms with Crippen molar-refractivity contribution < 1.29 is 14.2 Å². The molecule has 0 amide bonds. The summed E-state index contributed by atoms with van der Waals surface area (Å²) < 4.78 is 18.2. The van der Waals surface area contributed by atoms with Crippen LogP contribution in [0.25, 0.3) is 0 Å². The van der Waals surface area contributed by atoms with E-state index in [1.54, 1.807) is 27.7 Å². The highest BCUT2D eigenvalue weighted by Crippen LogP contribution is 2.41. The van der Waals surface area contributed by atoms with Crippen LogP contribution in [0.2, 0.25) is 0 Å². The number of ether oxygens (including phenoxy) is 3. The highest BCUT2D eigenvalue weighted by molar-refractivity contribution is 5.46. The maximum atomic E-state index is 5.63. The Morgan fingerprint density at radius 1 is 1.00 bits per heavy atom. The third-order valence-electron chi connectivity index (χ3n) is 4.93. The van der Waals surface area contributed by atoms with Crippen LogP contribution in [0.3, 0.4) is 0 Å². The molecule has 3 aromatic rings. The second kappa shape index (κ2) is 7.19. The van der Waals surface area contributed by atoms with Crippen LogP contribution < -0.4 is 19.5 Å². The number of anilines is 1. The van der Waals surface area contributed by atoms with Crippen LogP contribution in [0.5, 0.6) is 17.2 Å². The molecule has 0 saturated carbocycles. The summed E-state index contributed by atoms with van der Waals surface area (Å²) >= 11 is 0. The molecule has 1 N–H and O–H groups in total. The van der Waals surface area contributed by atoms with Crippen molar-refractivity contribution in [2.75, 3.05) is 26.6 Å². The number of methoxy groups -OCH3 is 3. The lowest BCUT2D eigenvalue weighted by Gasteiger charge is -2.32. The summed E-state index contributed by atoms with van der Waals surface area (Å²) in [4.78, 5) is 4.38. The fourth-order valence-corrected chi connectivity index (χ4v) is 3.55. The van der Waals surface area contributed by atoms with Gasteiger partial charge in [-0.15, -0.1) is 0 Å². The Bertz CT molecular complexity index is 940. The Morgan fingerprint density at radius 3 is 2.59 bits per heavy atom. The number of fused-ring (bicyclic) bond motifs is 1. The summed E-state index contributed by atoms with van der Waals surface area (Å²) in [5.41, 5.74) is 2.18. The van der Waals surface area contributed by atoms with E-state index in [1.165, 1.54) is 0 Å². The fraction of sp³-hybridized carbons (Fsp3) is 0.300. The van der Waals surface area contributed by atoms with Crippen molar-refractivity contribution >= 4 is 5.95 Å². The first-order chi connectivity index (χ1) is 13.2. The van der Waals surface area contributed by atoms with E-state index in [-0.39, 0.29) is 12.1 Å². The number of benzene rings is 2. The Hall–Kier alpha value is -3.22. The van der Waals surface area contributed by atoms with Crippen LogP contribution in [0.15, 0.2) is 48.8 Å². The molecule has 27 heavy (non-hydrogen) atoms. The molecule has 2 aromatic carbocycles. The molecule has 1 aliphatic heterocycles. The van der Waals surface area contributed by atoms with Gasteiger partial charge >= 0.3 is 0 Å². The fourth-order valence-electron chi connectivity index (χ4n) is 3.55. The van der Waals surface area contributed by atoms with Gasteiger partial charge in [0.2, 0.25) is 5.95 Å². The van der Waals surface area contributed by atoms with Gasteiger partial charge < -0.3 is 19.5 Å². The first kappa shape index (κ1) is 17.2. The van der Waals surface area contributed by atoms with Gasteiger partial charge in [0.15, 0.2) is 0 Å². The van der Waals surface area contributed by atoms with Crippen LogP contribution in [-0.4, -0.2) is 36.1 Å². The summed E-state index contributed by atoms with van der Waals surface area (Å²) in [5, 5.41) is 7.90. The third-order valence-corrected chi connectivity index (χ3v) is 4.93. The minimum atomic E-state index is -0.0131. The van der Waals surface area contributed by atoms with E-state index >= 15 is 0 Å². The SMILES string of the molecule is COc1cccc([C@@H]2C[C@@H](c3ccc(OC)cc3OC)n3ncnc3N2)c1. The first-order valence-electron chi connectivity index (χ1n) is 8.75. The molecule has 140 valence electrons. The van der Waals surface area contributed by atoms with E-state index in [4.69, 9.17) is 14.2 Å². The van der Waals surface area contributed by atoms with Crippen molar-refractivity contribution in [1.29, 1.82) is 0 Å². The minimum absolute atomic E-state index is 0.0131. The van der Waals surface area contributed by atoms with Crippen LogP contribution in [0.1, 0.15) is 29.6 Å². The molecule has 2 heterocycles. The summed E-state index contributed by atoms with van der Waals surface area (Å²) in [5.74, 6) is 3.09. The van der Waals surface area contributed by atoms with Gasteiger partial charge in [-0.05, 0) is 36.2 Å². The van der Waals surface area contributed by atoms with Gasteiger partial charge in [-0.3, -0.25) is 0 Å². The normalized spacial score (nSPS) is 18.3. The van der Waals surface area contributed by atoms with Crippen molar-refractivity contribution in [2.24, 2.45) is 0 Å². The van der Waals surface area contributed by atoms with E-state index in [9.17, 15) is 0 Å². The number of aromatic nitrogens is 3. The van der Waals surface area contributed by atoms with Crippen LogP contribution in [0, 0.1) is 0 Å². The molecule has 1 aliphatic rings. The first-order valence-corrected chi connectivity index (χ1v) is 8.75. The summed E-state index contributed by atoms with van der Waals surface area (Å²) in [7, 11) is 4.99. The van der Waals surface area contributed by atoms with Crippen LogP contribution in [-0.2, 0) is 0 Å². The van der Waals surface area contributed by atoms with Gasteiger partial charge in [0.05, 0.1) is 33.4 Å². The molecule has 0 fully saturated rings. The second-order valence-corrected chi connectivity index (χ2v) is 6.36. The second-order valence-electron chi connectivity index (χ2n) is 6.36. The van der Waals surface area contributed by atoms with Crippen molar-refractivity contribution in [2.45, 2.75) is 18.5 Å². The molecule has 4 rings (SSSR count). The number of rotatable bonds is 5. The standard InChI is InChI=1S/C20H22N4O3/c1-25-14-6-4-5-13(9-14)17-11-18(24-20(23-17)21-12-22-24)16-8-7-15(26-2)10-19(16)27-3/h4-10,12,17-18H,11H2,1-3H3,(H,21,22,23)/t17-,18-/m0/s1. The van der Waals surface area contributed by atoms with Gasteiger partial charge in [0.25, 0.3) is 0 Å². The monoisotopic (exact) mass is 366 g/mol. The largest absolute Gasteiger partial charge is 0.497 e. The Kier molecular flexibility index (Phi) is 4.58. The lowest BCUT2D eigenvalue weighted by atomic mass is 9.92. The topological polar surface area (TPSA) is 70.4 Å². The average Bonchev–Trinajstić information content (AvgIpc) is 3.21. The predicted molar refractivity (Wildman–Crippen MR) is 102 cm³/mol. The molecule has 0 bridgehead atoms. The van der Waals surface area contributed by atoms with E-state index in [2.05, 4.69) is 21.5 Å². The van der Waals surface area contributed by atoms with Gasteiger partial charge in [-0.2, -0.15) is 10.1 Å². The van der Waals surface area contributed by atoms with Gasteiger partial charge in [-0.1, -0.05) is 12.1 Å². The zero-order valence-electron chi connectivity index (χ0n) is 15.5. The van der Waals surface area contributed by atoms with E-state index in [0.29, 0.717) is 0 Å². The predicted octanol–water partition coefficient (Wildman–Crippen LogP) is 3.45. The van der Waals surface area contributed by atoms with E-state index in [0.717, 1.165) is 40.7 Å². The molecule has 7 nitrogen and oxygen atoms in total. The lowest BCUT2D eigenvalue weighted by Crippen LogP contribution is -2.28. The van der Waals surface area contributed by atoms with Crippen molar-refractivity contribution in [3.63, 3.8) is 0 Å². The molecular formula is C20H22N4O3. The van der Waals surface area contributed by atoms with Crippen molar-refractivity contribution in [3.05, 3.63) is 59.9 Å². The average molecular weight is 366 g/mol. The van der Waals surface area contributed by atoms with E-state index < -0.39 is 0 Å². The Balaban J connectivity index is 1.75. The zero-order chi connectivity index (χ0) is 18.8. The maximum absolute atomic E-state index is 5.63. The third kappa shape index (κ3) is 3.16. The maximum Gasteiger partial charge on any atom is 0.222 e. The molecule has 0 unspecified atom stereocenters. The van der Waals surface area contributed by atoms with Crippen LogP contribution >= 0.6 is 0 Å². The highest BCUT2D eigenvalue weighted by atomic mass is 16.5. The van der Waals surface area contributed by atoms with Crippen molar-refractivity contribution in [1.82, 2.24) is 14.8 Å². The smallest absolute Gasteiger partial charge is 0.222 e. The number of nitrogens with one attached hydrogen (secondary N) is 1. The summed E-state index contributed by atoms with van der Waals surface area (Å²) in [6.07, 6.45) is 2.37.